The largest absolute Gasteiger partial charge is 0.507 e. The lowest BCUT2D eigenvalue weighted by molar-refractivity contribution is 0.474. The second kappa shape index (κ2) is 6.24. The Hall–Kier alpha value is -3.40. The fourth-order valence-electron chi connectivity index (χ4n) is 2.55. The van der Waals surface area contributed by atoms with Crippen LogP contribution in [0.1, 0.15) is 11.1 Å². The molecule has 1 aromatic heterocycles. The quantitative estimate of drug-likeness (QED) is 0.522. The van der Waals surface area contributed by atoms with Gasteiger partial charge in [-0.15, -0.1) is 0 Å². The molecule has 122 valence electrons. The first-order valence-electron chi connectivity index (χ1n) is 7.99. The molecule has 0 aliphatic rings. The molecule has 0 radical (unpaired) electrons. The molecule has 3 aromatic carbocycles. The lowest BCUT2D eigenvalue weighted by Crippen LogP contribution is -1.80. The summed E-state index contributed by atoms with van der Waals surface area (Å²) in [5, 5.41) is 9.79. The van der Waals surface area contributed by atoms with Crippen molar-refractivity contribution in [3.05, 3.63) is 77.9 Å². The highest BCUT2D eigenvalue weighted by Gasteiger charge is 2.08. The molecule has 1 heterocycles. The number of nitrogens with zero attached hydrogens (tertiary/aromatic N) is 2. The smallest absolute Gasteiger partial charge is 0.227 e. The number of aromatic hydroxyl groups is 1. The molecule has 1 N–H and O–H groups in total. The van der Waals surface area contributed by atoms with Crippen LogP contribution < -0.4 is 0 Å². The molecular formula is C21H16N2O2. The number of para-hydroxylation sites is 1. The van der Waals surface area contributed by atoms with Gasteiger partial charge in [-0.3, -0.25) is 4.99 Å². The Morgan fingerprint density at radius 3 is 2.60 bits per heavy atom. The molecule has 0 amide bonds. The van der Waals surface area contributed by atoms with E-state index < -0.39 is 0 Å². The van der Waals surface area contributed by atoms with E-state index in [1.807, 2.05) is 55.5 Å². The maximum absolute atomic E-state index is 9.79. The first-order valence-corrected chi connectivity index (χ1v) is 7.99. The number of aromatic nitrogens is 1. The van der Waals surface area contributed by atoms with Gasteiger partial charge in [0.15, 0.2) is 5.58 Å². The van der Waals surface area contributed by atoms with E-state index >= 15 is 0 Å². The van der Waals surface area contributed by atoms with Crippen LogP contribution in [0.2, 0.25) is 0 Å². The number of rotatable bonds is 3. The summed E-state index contributed by atoms with van der Waals surface area (Å²) in [6, 6.07) is 20.7. The summed E-state index contributed by atoms with van der Waals surface area (Å²) in [7, 11) is 0. The molecule has 0 fully saturated rings. The zero-order chi connectivity index (χ0) is 17.2. The summed E-state index contributed by atoms with van der Waals surface area (Å²) < 4.78 is 5.88. The highest BCUT2D eigenvalue weighted by Crippen LogP contribution is 2.27. The molecule has 0 saturated heterocycles. The van der Waals surface area contributed by atoms with E-state index in [9.17, 15) is 5.11 Å². The average molecular weight is 328 g/mol. The highest BCUT2D eigenvalue weighted by molar-refractivity contribution is 5.86. The maximum atomic E-state index is 9.79. The standard InChI is InChI=1S/C21H16N2O2/c1-14-6-8-15(9-7-14)21-23-18-11-10-17(12-20(18)25-21)22-13-16-4-2-3-5-19(16)24/h2-13,24H,1H3. The van der Waals surface area contributed by atoms with Gasteiger partial charge in [-0.05, 0) is 43.3 Å². The van der Waals surface area contributed by atoms with Crippen molar-refractivity contribution in [2.75, 3.05) is 0 Å². The first-order chi connectivity index (χ1) is 12.2. The van der Waals surface area contributed by atoms with Crippen LogP contribution in [0, 0.1) is 6.92 Å². The predicted octanol–water partition coefficient (Wildman–Crippen LogP) is 5.26. The molecule has 0 spiro atoms. The Bertz CT molecular complexity index is 1060. The predicted molar refractivity (Wildman–Crippen MR) is 99.5 cm³/mol. The molecule has 4 nitrogen and oxygen atoms in total. The van der Waals surface area contributed by atoms with E-state index in [0.717, 1.165) is 16.8 Å². The van der Waals surface area contributed by atoms with Crippen molar-refractivity contribution < 1.29 is 9.52 Å². The van der Waals surface area contributed by atoms with Gasteiger partial charge < -0.3 is 9.52 Å². The van der Waals surface area contributed by atoms with Gasteiger partial charge >= 0.3 is 0 Å². The van der Waals surface area contributed by atoms with E-state index in [-0.39, 0.29) is 5.75 Å². The molecule has 25 heavy (non-hydrogen) atoms. The van der Waals surface area contributed by atoms with Crippen LogP contribution in [-0.2, 0) is 0 Å². The number of benzene rings is 3. The molecule has 4 heteroatoms. The van der Waals surface area contributed by atoms with Gasteiger partial charge in [-0.25, -0.2) is 4.98 Å². The fraction of sp³-hybridized carbons (Fsp3) is 0.0476. The summed E-state index contributed by atoms with van der Waals surface area (Å²) in [6.07, 6.45) is 1.63. The molecule has 4 rings (SSSR count). The zero-order valence-corrected chi connectivity index (χ0v) is 13.7. The first kappa shape index (κ1) is 15.1. The van der Waals surface area contributed by atoms with Gasteiger partial charge in [0.2, 0.25) is 5.89 Å². The molecule has 0 saturated carbocycles. The van der Waals surface area contributed by atoms with Crippen molar-refractivity contribution in [1.29, 1.82) is 0 Å². The third kappa shape index (κ3) is 3.15. The van der Waals surface area contributed by atoms with Crippen molar-refractivity contribution in [2.24, 2.45) is 4.99 Å². The molecule has 0 unspecified atom stereocenters. The van der Waals surface area contributed by atoms with Crippen LogP contribution in [0.15, 0.2) is 76.1 Å². The van der Waals surface area contributed by atoms with Crippen LogP contribution in [0.25, 0.3) is 22.6 Å². The lowest BCUT2D eigenvalue weighted by atomic mass is 10.1. The van der Waals surface area contributed by atoms with Crippen LogP contribution >= 0.6 is 0 Å². The van der Waals surface area contributed by atoms with Gasteiger partial charge in [0.25, 0.3) is 0 Å². The number of oxazole rings is 1. The van der Waals surface area contributed by atoms with Crippen LogP contribution in [0.5, 0.6) is 5.75 Å². The summed E-state index contributed by atoms with van der Waals surface area (Å²) in [5.41, 5.74) is 5.02. The highest BCUT2D eigenvalue weighted by atomic mass is 16.3. The maximum Gasteiger partial charge on any atom is 0.227 e. The van der Waals surface area contributed by atoms with E-state index in [1.54, 1.807) is 24.4 Å². The summed E-state index contributed by atoms with van der Waals surface area (Å²) in [5.74, 6) is 0.797. The SMILES string of the molecule is Cc1ccc(-c2nc3ccc(N=Cc4ccccc4O)cc3o2)cc1. The van der Waals surface area contributed by atoms with Crippen LogP contribution in [0.4, 0.5) is 5.69 Å². The summed E-state index contributed by atoms with van der Waals surface area (Å²) in [6.45, 7) is 2.05. The zero-order valence-electron chi connectivity index (χ0n) is 13.7. The van der Waals surface area contributed by atoms with Crippen molar-refractivity contribution >= 4 is 23.0 Å². The normalized spacial score (nSPS) is 11.4. The van der Waals surface area contributed by atoms with Crippen LogP contribution in [-0.4, -0.2) is 16.3 Å². The van der Waals surface area contributed by atoms with Gasteiger partial charge in [0, 0.05) is 23.4 Å². The molecule has 0 aliphatic carbocycles. The number of hydrogen-bond acceptors (Lipinski definition) is 4. The number of fused-ring (bicyclic) bond motifs is 1. The second-order valence-electron chi connectivity index (χ2n) is 5.85. The number of hydrogen-bond donors (Lipinski definition) is 1. The van der Waals surface area contributed by atoms with E-state index in [0.29, 0.717) is 17.0 Å². The molecule has 4 aromatic rings. The van der Waals surface area contributed by atoms with E-state index in [1.165, 1.54) is 5.56 Å². The molecule has 0 aliphatic heterocycles. The topological polar surface area (TPSA) is 58.6 Å². The Balaban J connectivity index is 1.66. The van der Waals surface area contributed by atoms with Crippen molar-refractivity contribution in [2.45, 2.75) is 6.92 Å². The fourth-order valence-corrected chi connectivity index (χ4v) is 2.55. The minimum atomic E-state index is 0.202. The monoisotopic (exact) mass is 328 g/mol. The Morgan fingerprint density at radius 2 is 1.80 bits per heavy atom. The van der Waals surface area contributed by atoms with Gasteiger partial charge in [0.1, 0.15) is 11.3 Å². The molecule has 0 bridgehead atoms. The Labute approximate surface area is 145 Å². The number of aryl methyl sites for hydroxylation is 1. The van der Waals surface area contributed by atoms with Gasteiger partial charge in [-0.2, -0.15) is 0 Å². The minimum absolute atomic E-state index is 0.202. The lowest BCUT2D eigenvalue weighted by Gasteiger charge is -1.97. The third-order valence-electron chi connectivity index (χ3n) is 3.96. The van der Waals surface area contributed by atoms with Crippen molar-refractivity contribution in [3.8, 4) is 17.2 Å². The number of aliphatic imine (C=N–C) groups is 1. The minimum Gasteiger partial charge on any atom is -0.507 e. The Morgan fingerprint density at radius 1 is 1.00 bits per heavy atom. The molecule has 0 atom stereocenters. The van der Waals surface area contributed by atoms with Crippen LogP contribution in [0.3, 0.4) is 0 Å². The number of phenolic OH excluding ortho intramolecular Hbond substituents is 1. The molecular weight excluding hydrogens is 312 g/mol. The summed E-state index contributed by atoms with van der Waals surface area (Å²) in [4.78, 5) is 8.94. The third-order valence-corrected chi connectivity index (χ3v) is 3.96. The Kier molecular flexibility index (Phi) is 3.78. The van der Waals surface area contributed by atoms with Gasteiger partial charge in [0.05, 0.1) is 5.69 Å². The van der Waals surface area contributed by atoms with Crippen molar-refractivity contribution in [3.63, 3.8) is 0 Å². The number of phenols is 1. The van der Waals surface area contributed by atoms with E-state index in [4.69, 9.17) is 4.42 Å². The van der Waals surface area contributed by atoms with E-state index in [2.05, 4.69) is 9.98 Å². The second-order valence-corrected chi connectivity index (χ2v) is 5.85. The van der Waals surface area contributed by atoms with Crippen molar-refractivity contribution in [1.82, 2.24) is 4.98 Å². The summed E-state index contributed by atoms with van der Waals surface area (Å²) >= 11 is 0. The van der Waals surface area contributed by atoms with Gasteiger partial charge in [-0.1, -0.05) is 29.8 Å². The average Bonchev–Trinajstić information content (AvgIpc) is 3.05.